The number of carbonyl (C=O) groups excluding carboxylic acids is 1. The van der Waals surface area contributed by atoms with Crippen molar-refractivity contribution in [3.05, 3.63) is 52.5 Å². The van der Waals surface area contributed by atoms with Crippen LogP contribution in [0.4, 0.5) is 0 Å². The van der Waals surface area contributed by atoms with Gasteiger partial charge in [0.2, 0.25) is 5.91 Å². The molecule has 1 aliphatic rings. The Bertz CT molecular complexity index is 792. The van der Waals surface area contributed by atoms with Gasteiger partial charge in [-0.3, -0.25) is 4.79 Å². The number of fused-ring (bicyclic) bond motifs is 1. The van der Waals surface area contributed by atoms with Gasteiger partial charge in [0.1, 0.15) is 5.75 Å². The number of ether oxygens (including phenoxy) is 3. The van der Waals surface area contributed by atoms with Gasteiger partial charge in [-0.1, -0.05) is 30.7 Å². The molecule has 27 heavy (non-hydrogen) atoms. The summed E-state index contributed by atoms with van der Waals surface area (Å²) < 4.78 is 16.5. The topological polar surface area (TPSA) is 56.8 Å². The molecule has 144 valence electrons. The average molecular weight is 390 g/mol. The van der Waals surface area contributed by atoms with Crippen LogP contribution in [-0.4, -0.2) is 26.2 Å². The Morgan fingerprint density at radius 2 is 1.96 bits per heavy atom. The van der Waals surface area contributed by atoms with Gasteiger partial charge in [-0.2, -0.15) is 0 Å². The van der Waals surface area contributed by atoms with Gasteiger partial charge in [-0.15, -0.1) is 0 Å². The Morgan fingerprint density at radius 1 is 1.22 bits per heavy atom. The highest BCUT2D eigenvalue weighted by atomic mass is 35.5. The molecule has 1 N–H and O–H groups in total. The van der Waals surface area contributed by atoms with Crippen molar-refractivity contribution >= 4 is 17.5 Å². The van der Waals surface area contributed by atoms with Crippen LogP contribution in [0.15, 0.2) is 36.4 Å². The number of methoxy groups -OCH3 is 1. The van der Waals surface area contributed by atoms with Gasteiger partial charge < -0.3 is 19.5 Å². The molecule has 1 aliphatic heterocycles. The molecule has 0 saturated carbocycles. The minimum Gasteiger partial charge on any atom is -0.497 e. The van der Waals surface area contributed by atoms with E-state index in [1.54, 1.807) is 13.2 Å². The van der Waals surface area contributed by atoms with Gasteiger partial charge in [0.05, 0.1) is 37.8 Å². The van der Waals surface area contributed by atoms with Crippen LogP contribution < -0.4 is 19.5 Å². The molecule has 2 aromatic rings. The predicted molar refractivity (Wildman–Crippen MR) is 105 cm³/mol. The highest BCUT2D eigenvalue weighted by Gasteiger charge is 2.18. The van der Waals surface area contributed by atoms with Crippen LogP contribution in [0.25, 0.3) is 0 Å². The van der Waals surface area contributed by atoms with Crippen LogP contribution in [0.5, 0.6) is 17.2 Å². The lowest BCUT2D eigenvalue weighted by Gasteiger charge is -2.18. The second kappa shape index (κ2) is 9.00. The molecule has 1 amide bonds. The van der Waals surface area contributed by atoms with E-state index in [0.29, 0.717) is 29.7 Å². The minimum atomic E-state index is -0.0665. The second-order valence-corrected chi connectivity index (χ2v) is 6.84. The van der Waals surface area contributed by atoms with Gasteiger partial charge >= 0.3 is 0 Å². The fourth-order valence-corrected chi connectivity index (χ4v) is 3.36. The maximum absolute atomic E-state index is 12.6. The molecule has 1 unspecified atom stereocenters. The first-order chi connectivity index (χ1) is 13.1. The molecule has 3 rings (SSSR count). The van der Waals surface area contributed by atoms with Gasteiger partial charge in [0.15, 0.2) is 11.5 Å². The Hall–Kier alpha value is -2.40. The number of amides is 1. The molecular formula is C21H24ClNO4. The molecular weight excluding hydrogens is 366 g/mol. The number of hydrogen-bond donors (Lipinski definition) is 1. The lowest BCUT2D eigenvalue weighted by atomic mass is 10.0. The SMILES string of the molecule is CCC(NC(=O)Cc1cc(Cl)c2c(c1)OCCCO2)c1ccc(OC)cc1. The zero-order valence-corrected chi connectivity index (χ0v) is 16.3. The number of benzene rings is 2. The summed E-state index contributed by atoms with van der Waals surface area (Å²) in [7, 11) is 1.63. The zero-order chi connectivity index (χ0) is 19.2. The van der Waals surface area contributed by atoms with E-state index in [0.717, 1.165) is 29.7 Å². The monoisotopic (exact) mass is 389 g/mol. The fourth-order valence-electron chi connectivity index (χ4n) is 3.07. The van der Waals surface area contributed by atoms with E-state index < -0.39 is 0 Å². The Morgan fingerprint density at radius 3 is 2.67 bits per heavy atom. The summed E-state index contributed by atoms with van der Waals surface area (Å²) in [5.74, 6) is 1.89. The van der Waals surface area contributed by atoms with E-state index in [4.69, 9.17) is 25.8 Å². The number of rotatable bonds is 6. The van der Waals surface area contributed by atoms with Crippen LogP contribution in [0.1, 0.15) is 36.9 Å². The molecule has 0 spiro atoms. The highest BCUT2D eigenvalue weighted by molar-refractivity contribution is 6.32. The lowest BCUT2D eigenvalue weighted by Crippen LogP contribution is -2.29. The van der Waals surface area contributed by atoms with Crippen molar-refractivity contribution in [2.45, 2.75) is 32.2 Å². The first-order valence-corrected chi connectivity index (χ1v) is 9.49. The van der Waals surface area contributed by atoms with Crippen LogP contribution in [-0.2, 0) is 11.2 Å². The summed E-state index contributed by atoms with van der Waals surface area (Å²) in [5, 5.41) is 3.56. The molecule has 0 aliphatic carbocycles. The average Bonchev–Trinajstić information content (AvgIpc) is 2.92. The first kappa shape index (κ1) is 19.4. The molecule has 0 saturated heterocycles. The summed E-state index contributed by atoms with van der Waals surface area (Å²) >= 11 is 6.31. The number of carbonyl (C=O) groups is 1. The molecule has 6 heteroatoms. The molecule has 2 aromatic carbocycles. The predicted octanol–water partition coefficient (Wildman–Crippen LogP) is 4.32. The minimum absolute atomic E-state index is 0.0562. The molecule has 1 atom stereocenters. The molecule has 0 fully saturated rings. The van der Waals surface area contributed by atoms with Crippen molar-refractivity contribution < 1.29 is 19.0 Å². The number of halogens is 1. The van der Waals surface area contributed by atoms with Crippen molar-refractivity contribution in [3.8, 4) is 17.2 Å². The summed E-state index contributed by atoms with van der Waals surface area (Å²) in [4.78, 5) is 12.6. The normalized spacial score (nSPS) is 14.2. The summed E-state index contributed by atoms with van der Waals surface area (Å²) in [6.45, 7) is 3.20. The van der Waals surface area contributed by atoms with Crippen molar-refractivity contribution in [3.63, 3.8) is 0 Å². The Balaban J connectivity index is 1.69. The molecule has 1 heterocycles. The third kappa shape index (κ3) is 4.86. The van der Waals surface area contributed by atoms with Crippen LogP contribution in [0.2, 0.25) is 5.02 Å². The fraction of sp³-hybridized carbons (Fsp3) is 0.381. The largest absolute Gasteiger partial charge is 0.497 e. The molecule has 0 bridgehead atoms. The third-order valence-electron chi connectivity index (χ3n) is 4.49. The van der Waals surface area contributed by atoms with E-state index in [9.17, 15) is 4.79 Å². The van der Waals surface area contributed by atoms with Crippen LogP contribution >= 0.6 is 11.6 Å². The van der Waals surface area contributed by atoms with Gasteiger partial charge in [-0.05, 0) is 41.8 Å². The van der Waals surface area contributed by atoms with Gasteiger partial charge in [0, 0.05) is 6.42 Å². The van der Waals surface area contributed by atoms with Crippen molar-refractivity contribution in [2.24, 2.45) is 0 Å². The van der Waals surface area contributed by atoms with Crippen molar-refractivity contribution in [1.29, 1.82) is 0 Å². The first-order valence-electron chi connectivity index (χ1n) is 9.12. The zero-order valence-electron chi connectivity index (χ0n) is 15.6. The van der Waals surface area contributed by atoms with E-state index in [1.807, 2.05) is 37.3 Å². The third-order valence-corrected chi connectivity index (χ3v) is 4.77. The Labute approximate surface area is 164 Å². The second-order valence-electron chi connectivity index (χ2n) is 6.43. The maximum Gasteiger partial charge on any atom is 0.224 e. The van der Waals surface area contributed by atoms with E-state index in [-0.39, 0.29) is 18.4 Å². The van der Waals surface area contributed by atoms with Crippen LogP contribution in [0.3, 0.4) is 0 Å². The quantitative estimate of drug-likeness (QED) is 0.799. The van der Waals surface area contributed by atoms with Crippen molar-refractivity contribution in [1.82, 2.24) is 5.32 Å². The van der Waals surface area contributed by atoms with E-state index in [1.165, 1.54) is 0 Å². The maximum atomic E-state index is 12.6. The lowest BCUT2D eigenvalue weighted by molar-refractivity contribution is -0.121. The summed E-state index contributed by atoms with van der Waals surface area (Å²) in [6.07, 6.45) is 1.82. The standard InChI is InChI=1S/C21H24ClNO4/c1-3-18(15-5-7-16(25-2)8-6-15)23-20(24)13-14-11-17(22)21-19(12-14)26-9-4-10-27-21/h5-8,11-12,18H,3-4,9-10,13H2,1-2H3,(H,23,24). The number of hydrogen-bond acceptors (Lipinski definition) is 4. The van der Waals surface area contributed by atoms with Crippen molar-refractivity contribution in [2.75, 3.05) is 20.3 Å². The van der Waals surface area contributed by atoms with Gasteiger partial charge in [-0.25, -0.2) is 0 Å². The van der Waals surface area contributed by atoms with Crippen LogP contribution in [0, 0.1) is 0 Å². The highest BCUT2D eigenvalue weighted by Crippen LogP contribution is 2.38. The van der Waals surface area contributed by atoms with Gasteiger partial charge in [0.25, 0.3) is 0 Å². The molecule has 0 radical (unpaired) electrons. The molecule has 0 aromatic heterocycles. The summed E-state index contributed by atoms with van der Waals surface area (Å²) in [5.41, 5.74) is 1.84. The molecule has 5 nitrogen and oxygen atoms in total. The summed E-state index contributed by atoms with van der Waals surface area (Å²) in [6, 6.07) is 11.3. The Kier molecular flexibility index (Phi) is 6.45. The number of nitrogens with one attached hydrogen (secondary N) is 1. The van der Waals surface area contributed by atoms with E-state index in [2.05, 4.69) is 5.32 Å². The smallest absolute Gasteiger partial charge is 0.224 e. The van der Waals surface area contributed by atoms with E-state index >= 15 is 0 Å².